The van der Waals surface area contributed by atoms with Crippen molar-refractivity contribution in [3.05, 3.63) is 35.9 Å². The maximum Gasteiger partial charge on any atom is 0.331 e. The largest absolute Gasteiger partial charge is 0.460 e. The van der Waals surface area contributed by atoms with E-state index in [-0.39, 0.29) is 18.7 Å². The summed E-state index contributed by atoms with van der Waals surface area (Å²) in [6.45, 7) is 13.5. The lowest BCUT2D eigenvalue weighted by Gasteiger charge is -2.42. The number of esters is 1. The molecule has 0 heterocycles. The van der Waals surface area contributed by atoms with E-state index < -0.39 is 8.32 Å². The molecule has 0 saturated heterocycles. The van der Waals surface area contributed by atoms with Crippen LogP contribution < -0.4 is 0 Å². The molecule has 1 fully saturated rings. The van der Waals surface area contributed by atoms with Crippen molar-refractivity contribution in [3.8, 4) is 0 Å². The summed E-state index contributed by atoms with van der Waals surface area (Å²) in [7, 11) is -2.04. The summed E-state index contributed by atoms with van der Waals surface area (Å²) in [5, 5.41) is 0. The minimum Gasteiger partial charge on any atom is -0.460 e. The molecule has 0 aliphatic heterocycles. The standard InChI is InChI=1S/C23H38O3Si/c1-17(2)27(18(3)4,19(5)6)25-16-23(24)26-22-15-11-10-14-21(22)20-12-8-7-9-13-20/h7-9,12-13,17-19,21-22H,10-11,14-16H2,1-6H3. The summed E-state index contributed by atoms with van der Waals surface area (Å²) in [6.07, 6.45) is 4.35. The Balaban J connectivity index is 2.03. The number of rotatable bonds is 8. The first-order chi connectivity index (χ1) is 12.8. The van der Waals surface area contributed by atoms with Crippen molar-refractivity contribution in [2.75, 3.05) is 6.61 Å². The average Bonchev–Trinajstić information content (AvgIpc) is 2.62. The zero-order chi connectivity index (χ0) is 20.0. The van der Waals surface area contributed by atoms with E-state index in [9.17, 15) is 4.79 Å². The van der Waals surface area contributed by atoms with E-state index in [1.807, 2.05) is 6.07 Å². The molecule has 2 unspecified atom stereocenters. The minimum atomic E-state index is -2.04. The van der Waals surface area contributed by atoms with Crippen LogP contribution in [-0.4, -0.2) is 27.0 Å². The third kappa shape index (κ3) is 5.23. The molecule has 0 radical (unpaired) electrons. The molecule has 0 aromatic heterocycles. The van der Waals surface area contributed by atoms with E-state index in [0.717, 1.165) is 19.3 Å². The first-order valence-corrected chi connectivity index (χ1v) is 12.8. The van der Waals surface area contributed by atoms with Crippen LogP contribution in [0.2, 0.25) is 16.6 Å². The highest BCUT2D eigenvalue weighted by atomic mass is 28.4. The molecular formula is C23H38O3Si. The number of carbonyl (C=O) groups is 1. The third-order valence-corrected chi connectivity index (χ3v) is 12.4. The molecule has 2 rings (SSSR count). The predicted octanol–water partition coefficient (Wildman–Crippen LogP) is 6.45. The molecule has 1 aliphatic carbocycles. The van der Waals surface area contributed by atoms with Crippen LogP contribution >= 0.6 is 0 Å². The fourth-order valence-electron chi connectivity index (χ4n) is 5.21. The summed E-state index contributed by atoms with van der Waals surface area (Å²) < 4.78 is 12.4. The van der Waals surface area contributed by atoms with Gasteiger partial charge in [0.25, 0.3) is 0 Å². The Morgan fingerprint density at radius 3 is 2.07 bits per heavy atom. The lowest BCUT2D eigenvalue weighted by atomic mass is 9.81. The zero-order valence-corrected chi connectivity index (χ0v) is 19.0. The van der Waals surface area contributed by atoms with E-state index in [1.54, 1.807) is 0 Å². The molecule has 27 heavy (non-hydrogen) atoms. The lowest BCUT2D eigenvalue weighted by molar-refractivity contribution is -0.154. The molecule has 0 amide bonds. The molecule has 1 aromatic carbocycles. The molecule has 0 spiro atoms. The first kappa shape index (κ1) is 22.2. The number of carbonyl (C=O) groups excluding carboxylic acids is 1. The predicted molar refractivity (Wildman–Crippen MR) is 115 cm³/mol. The fraction of sp³-hybridized carbons (Fsp3) is 0.696. The van der Waals surface area contributed by atoms with Crippen molar-refractivity contribution in [1.29, 1.82) is 0 Å². The van der Waals surface area contributed by atoms with Crippen LogP contribution in [0.4, 0.5) is 0 Å². The van der Waals surface area contributed by atoms with Gasteiger partial charge in [-0.2, -0.15) is 0 Å². The minimum absolute atomic E-state index is 0.0227. The second-order valence-corrected chi connectivity index (χ2v) is 14.4. The molecule has 1 aliphatic rings. The molecule has 0 N–H and O–H groups in total. The maximum absolute atomic E-state index is 12.7. The van der Waals surface area contributed by atoms with Crippen molar-refractivity contribution in [1.82, 2.24) is 0 Å². The molecule has 1 saturated carbocycles. The summed E-state index contributed by atoms with van der Waals surface area (Å²) in [5.41, 5.74) is 2.69. The van der Waals surface area contributed by atoms with Gasteiger partial charge in [0, 0.05) is 5.92 Å². The van der Waals surface area contributed by atoms with Crippen LogP contribution in [0.3, 0.4) is 0 Å². The van der Waals surface area contributed by atoms with E-state index in [0.29, 0.717) is 22.5 Å². The van der Waals surface area contributed by atoms with Gasteiger partial charge >= 0.3 is 5.97 Å². The Kier molecular flexibility index (Phi) is 8.11. The summed E-state index contributed by atoms with van der Waals surface area (Å²) in [4.78, 5) is 12.7. The monoisotopic (exact) mass is 390 g/mol. The van der Waals surface area contributed by atoms with E-state index in [1.165, 1.54) is 12.0 Å². The normalized spacial score (nSPS) is 21.1. The van der Waals surface area contributed by atoms with Crippen molar-refractivity contribution >= 4 is 14.3 Å². The van der Waals surface area contributed by atoms with Gasteiger partial charge in [0.05, 0.1) is 0 Å². The topological polar surface area (TPSA) is 35.5 Å². The van der Waals surface area contributed by atoms with Crippen molar-refractivity contribution < 1.29 is 14.0 Å². The summed E-state index contributed by atoms with van der Waals surface area (Å²) >= 11 is 0. The SMILES string of the molecule is CC(C)[Si](OCC(=O)OC1CCCCC1c1ccccc1)(C(C)C)C(C)C. The number of hydrogen-bond donors (Lipinski definition) is 0. The molecule has 3 nitrogen and oxygen atoms in total. The van der Waals surface area contributed by atoms with Gasteiger partial charge in [0.2, 0.25) is 8.32 Å². The maximum atomic E-state index is 12.7. The van der Waals surface area contributed by atoms with Gasteiger partial charge in [-0.05, 0) is 41.4 Å². The smallest absolute Gasteiger partial charge is 0.331 e. The average molecular weight is 391 g/mol. The molecule has 1 aromatic rings. The molecular weight excluding hydrogens is 352 g/mol. The quantitative estimate of drug-likeness (QED) is 0.378. The second-order valence-electron chi connectivity index (χ2n) is 8.94. The first-order valence-electron chi connectivity index (χ1n) is 10.7. The van der Waals surface area contributed by atoms with Crippen LogP contribution in [0.25, 0.3) is 0 Å². The zero-order valence-electron chi connectivity index (χ0n) is 18.0. The Morgan fingerprint density at radius 1 is 0.963 bits per heavy atom. The number of hydrogen-bond acceptors (Lipinski definition) is 3. The van der Waals surface area contributed by atoms with Crippen molar-refractivity contribution in [2.45, 2.75) is 95.9 Å². The van der Waals surface area contributed by atoms with Gasteiger partial charge < -0.3 is 9.16 Å². The molecule has 152 valence electrons. The Hall–Kier alpha value is -1.13. The molecule has 4 heteroatoms. The van der Waals surface area contributed by atoms with Crippen LogP contribution in [0.5, 0.6) is 0 Å². The molecule has 2 atom stereocenters. The lowest BCUT2D eigenvalue weighted by Crippen LogP contribution is -2.49. The van der Waals surface area contributed by atoms with Crippen LogP contribution in [0.1, 0.15) is 78.7 Å². The summed E-state index contributed by atoms with van der Waals surface area (Å²) in [6, 6.07) is 10.5. The van der Waals surface area contributed by atoms with E-state index >= 15 is 0 Å². The van der Waals surface area contributed by atoms with Crippen molar-refractivity contribution in [3.63, 3.8) is 0 Å². The number of benzene rings is 1. The van der Waals surface area contributed by atoms with Gasteiger partial charge in [-0.3, -0.25) is 0 Å². The van der Waals surface area contributed by atoms with E-state index in [4.69, 9.17) is 9.16 Å². The van der Waals surface area contributed by atoms with Gasteiger partial charge in [0.1, 0.15) is 12.7 Å². The number of ether oxygens (including phenoxy) is 1. The highest BCUT2D eigenvalue weighted by Gasteiger charge is 2.45. The third-order valence-electron chi connectivity index (χ3n) is 6.36. The van der Waals surface area contributed by atoms with Crippen LogP contribution in [0, 0.1) is 0 Å². The second kappa shape index (κ2) is 9.88. The van der Waals surface area contributed by atoms with E-state index in [2.05, 4.69) is 65.8 Å². The van der Waals surface area contributed by atoms with Crippen LogP contribution in [0.15, 0.2) is 30.3 Å². The van der Waals surface area contributed by atoms with Gasteiger partial charge in [-0.15, -0.1) is 0 Å². The van der Waals surface area contributed by atoms with Gasteiger partial charge in [-0.25, -0.2) is 4.79 Å². The van der Waals surface area contributed by atoms with Crippen molar-refractivity contribution in [2.24, 2.45) is 0 Å². The highest BCUT2D eigenvalue weighted by molar-refractivity contribution is 6.77. The summed E-state index contributed by atoms with van der Waals surface area (Å²) in [5.74, 6) is 0.118. The van der Waals surface area contributed by atoms with Crippen LogP contribution in [-0.2, 0) is 14.0 Å². The van der Waals surface area contributed by atoms with Gasteiger partial charge in [-0.1, -0.05) is 78.3 Å². The fourth-order valence-corrected chi connectivity index (χ4v) is 10.6. The Bertz CT molecular complexity index is 561. The Labute approximate surface area is 167 Å². The van der Waals surface area contributed by atoms with Gasteiger partial charge in [0.15, 0.2) is 0 Å². The highest BCUT2D eigenvalue weighted by Crippen LogP contribution is 2.42. The Morgan fingerprint density at radius 2 is 1.52 bits per heavy atom. The molecule has 0 bridgehead atoms.